The Labute approximate surface area is 128 Å². The van der Waals surface area contributed by atoms with E-state index in [1.165, 1.54) is 18.2 Å². The number of rotatable bonds is 5. The van der Waals surface area contributed by atoms with Crippen LogP contribution >= 0.6 is 0 Å². The highest BCUT2D eigenvalue weighted by molar-refractivity contribution is 7.91. The van der Waals surface area contributed by atoms with Gasteiger partial charge in [0.25, 0.3) is 5.91 Å². The summed E-state index contributed by atoms with van der Waals surface area (Å²) in [5.74, 6) is -1.11. The fraction of sp³-hybridized carbons (Fsp3) is 0.0625. The molecule has 2 aromatic carbocycles. The van der Waals surface area contributed by atoms with Crippen LogP contribution in [-0.2, 0) is 9.84 Å². The number of anilines is 1. The lowest BCUT2D eigenvalue weighted by Crippen LogP contribution is -2.13. The van der Waals surface area contributed by atoms with E-state index in [2.05, 4.69) is 11.9 Å². The molecule has 114 valence electrons. The van der Waals surface area contributed by atoms with E-state index in [1.807, 2.05) is 0 Å². The third kappa shape index (κ3) is 3.53. The average molecular weight is 317 g/mol. The van der Waals surface area contributed by atoms with Gasteiger partial charge in [-0.3, -0.25) is 4.79 Å². The normalized spacial score (nSPS) is 10.9. The Hall–Kier alpha value is -2.60. The maximum absolute atomic E-state index is 12.2. The van der Waals surface area contributed by atoms with Gasteiger partial charge in [-0.2, -0.15) is 0 Å². The van der Waals surface area contributed by atoms with Gasteiger partial charge in [0.15, 0.2) is 9.84 Å². The van der Waals surface area contributed by atoms with E-state index in [0.29, 0.717) is 5.69 Å². The summed E-state index contributed by atoms with van der Waals surface area (Å²) >= 11 is 0. The zero-order valence-corrected chi connectivity index (χ0v) is 12.5. The van der Waals surface area contributed by atoms with Crippen LogP contribution < -0.4 is 5.32 Å². The monoisotopic (exact) mass is 317 g/mol. The molecule has 2 N–H and O–H groups in total. The number of para-hydroxylation sites is 1. The number of aromatic hydroxyl groups is 1. The number of nitrogens with one attached hydrogen (secondary N) is 1. The van der Waals surface area contributed by atoms with Crippen molar-refractivity contribution in [1.29, 1.82) is 0 Å². The predicted molar refractivity (Wildman–Crippen MR) is 84.8 cm³/mol. The molecule has 0 spiro atoms. The number of benzene rings is 2. The van der Waals surface area contributed by atoms with Crippen LogP contribution in [0.2, 0.25) is 0 Å². The molecule has 0 heterocycles. The summed E-state index contributed by atoms with van der Waals surface area (Å²) in [6, 6.07) is 12.3. The molecule has 0 aliphatic heterocycles. The molecule has 5 nitrogen and oxygen atoms in total. The Morgan fingerprint density at radius 1 is 1.18 bits per heavy atom. The average Bonchev–Trinajstić information content (AvgIpc) is 2.48. The van der Waals surface area contributed by atoms with E-state index in [0.717, 1.165) is 6.07 Å². The molecule has 2 rings (SSSR count). The van der Waals surface area contributed by atoms with Crippen LogP contribution in [0.3, 0.4) is 0 Å². The lowest BCUT2D eigenvalue weighted by molar-refractivity contribution is 0.102. The Morgan fingerprint density at radius 2 is 1.86 bits per heavy atom. The lowest BCUT2D eigenvalue weighted by Gasteiger charge is -2.09. The number of hydrogen-bond donors (Lipinski definition) is 2. The van der Waals surface area contributed by atoms with Crippen molar-refractivity contribution in [2.45, 2.75) is 4.90 Å². The first-order valence-electron chi connectivity index (χ1n) is 6.47. The molecule has 0 aliphatic carbocycles. The molecule has 0 saturated carbocycles. The van der Waals surface area contributed by atoms with Crippen molar-refractivity contribution in [2.75, 3.05) is 11.1 Å². The van der Waals surface area contributed by atoms with Gasteiger partial charge in [-0.05, 0) is 30.3 Å². The maximum atomic E-state index is 12.2. The third-order valence-corrected chi connectivity index (χ3v) is 4.59. The van der Waals surface area contributed by atoms with Crippen LogP contribution in [0, 0.1) is 0 Å². The van der Waals surface area contributed by atoms with Crippen molar-refractivity contribution in [3.63, 3.8) is 0 Å². The minimum absolute atomic E-state index is 0.0385. The van der Waals surface area contributed by atoms with Crippen molar-refractivity contribution in [3.8, 4) is 5.75 Å². The summed E-state index contributed by atoms with van der Waals surface area (Å²) in [4.78, 5) is 12.1. The van der Waals surface area contributed by atoms with E-state index in [9.17, 15) is 18.3 Å². The number of phenols is 1. The Kier molecular flexibility index (Phi) is 4.62. The molecule has 1 amide bonds. The highest BCUT2D eigenvalue weighted by atomic mass is 32.2. The van der Waals surface area contributed by atoms with Gasteiger partial charge in [0.05, 0.1) is 16.2 Å². The quantitative estimate of drug-likeness (QED) is 0.830. The minimum atomic E-state index is -3.57. The second-order valence-electron chi connectivity index (χ2n) is 4.57. The van der Waals surface area contributed by atoms with Crippen molar-refractivity contribution in [1.82, 2.24) is 0 Å². The number of sulfone groups is 1. The number of amides is 1. The van der Waals surface area contributed by atoms with Crippen molar-refractivity contribution >= 4 is 21.4 Å². The van der Waals surface area contributed by atoms with Crippen molar-refractivity contribution in [3.05, 3.63) is 66.7 Å². The molecule has 22 heavy (non-hydrogen) atoms. The van der Waals surface area contributed by atoms with Crippen molar-refractivity contribution < 1.29 is 18.3 Å². The van der Waals surface area contributed by atoms with Crippen molar-refractivity contribution in [2.24, 2.45) is 0 Å². The van der Waals surface area contributed by atoms with E-state index in [4.69, 9.17) is 0 Å². The zero-order valence-electron chi connectivity index (χ0n) is 11.7. The molecule has 0 unspecified atom stereocenters. The van der Waals surface area contributed by atoms with Gasteiger partial charge in [0.2, 0.25) is 0 Å². The second kappa shape index (κ2) is 6.44. The van der Waals surface area contributed by atoms with E-state index >= 15 is 0 Å². The molecule has 0 aliphatic rings. The van der Waals surface area contributed by atoms with Crippen LogP contribution in [0.1, 0.15) is 10.4 Å². The summed E-state index contributed by atoms with van der Waals surface area (Å²) in [6.45, 7) is 3.39. The molecule has 0 atom stereocenters. The minimum Gasteiger partial charge on any atom is -0.507 e. The first kappa shape index (κ1) is 15.8. The van der Waals surface area contributed by atoms with Crippen LogP contribution in [0.4, 0.5) is 5.69 Å². The highest BCUT2D eigenvalue weighted by Crippen LogP contribution is 2.23. The van der Waals surface area contributed by atoms with E-state index in [-0.39, 0.29) is 22.0 Å². The van der Waals surface area contributed by atoms with Gasteiger partial charge in [-0.1, -0.05) is 24.3 Å². The Balaban J connectivity index is 2.35. The number of hydrogen-bond acceptors (Lipinski definition) is 4. The van der Waals surface area contributed by atoms with Gasteiger partial charge in [-0.25, -0.2) is 8.42 Å². The number of carbonyl (C=O) groups excluding carboxylic acids is 1. The number of carbonyl (C=O) groups is 1. The molecule has 6 heteroatoms. The highest BCUT2D eigenvalue weighted by Gasteiger charge is 2.18. The van der Waals surface area contributed by atoms with Crippen LogP contribution in [0.5, 0.6) is 5.75 Å². The standard InChI is InChI=1S/C16H15NO4S/c1-2-10-22(20,21)13-8-9-15(18)14(11-13)16(19)17-12-6-4-3-5-7-12/h2-9,11,18H,1,10H2,(H,17,19). The largest absolute Gasteiger partial charge is 0.507 e. The summed E-state index contributed by atoms with van der Waals surface area (Å²) in [5, 5.41) is 12.4. The molecular weight excluding hydrogens is 302 g/mol. The van der Waals surface area contributed by atoms with Gasteiger partial charge in [-0.15, -0.1) is 6.58 Å². The van der Waals surface area contributed by atoms with Gasteiger partial charge in [0.1, 0.15) is 5.75 Å². The molecule has 0 fully saturated rings. The second-order valence-corrected chi connectivity index (χ2v) is 6.60. The number of phenolic OH excluding ortho intramolecular Hbond substituents is 1. The fourth-order valence-electron chi connectivity index (χ4n) is 1.86. The maximum Gasteiger partial charge on any atom is 0.259 e. The molecule has 0 aromatic heterocycles. The molecule has 0 saturated heterocycles. The third-order valence-electron chi connectivity index (χ3n) is 2.94. The van der Waals surface area contributed by atoms with Crippen LogP contribution in [0.25, 0.3) is 0 Å². The first-order valence-corrected chi connectivity index (χ1v) is 8.12. The smallest absolute Gasteiger partial charge is 0.259 e. The summed E-state index contributed by atoms with van der Waals surface area (Å²) < 4.78 is 24.0. The van der Waals surface area contributed by atoms with Crippen LogP contribution in [-0.4, -0.2) is 25.2 Å². The SMILES string of the molecule is C=CCS(=O)(=O)c1ccc(O)c(C(=O)Nc2ccccc2)c1. The van der Waals surface area contributed by atoms with Gasteiger partial charge in [0, 0.05) is 5.69 Å². The fourth-order valence-corrected chi connectivity index (χ4v) is 2.94. The Morgan fingerprint density at radius 3 is 2.50 bits per heavy atom. The zero-order chi connectivity index (χ0) is 16.2. The molecule has 0 bridgehead atoms. The summed E-state index contributed by atoms with van der Waals surface area (Å²) in [7, 11) is -3.57. The lowest BCUT2D eigenvalue weighted by atomic mass is 10.2. The van der Waals surface area contributed by atoms with E-state index < -0.39 is 15.7 Å². The molecule has 2 aromatic rings. The van der Waals surface area contributed by atoms with Gasteiger partial charge >= 0.3 is 0 Å². The summed E-state index contributed by atoms with van der Waals surface area (Å²) in [5.41, 5.74) is 0.445. The summed E-state index contributed by atoms with van der Waals surface area (Å²) in [6.07, 6.45) is 1.27. The Bertz CT molecular complexity index is 798. The molecular formula is C16H15NO4S. The van der Waals surface area contributed by atoms with E-state index in [1.54, 1.807) is 30.3 Å². The van der Waals surface area contributed by atoms with Gasteiger partial charge < -0.3 is 10.4 Å². The first-order chi connectivity index (χ1) is 10.4. The molecule has 0 radical (unpaired) electrons. The van der Waals surface area contributed by atoms with Crippen LogP contribution in [0.15, 0.2) is 66.1 Å². The topological polar surface area (TPSA) is 83.5 Å². The predicted octanol–water partition coefficient (Wildman–Crippen LogP) is 2.60.